The van der Waals surface area contributed by atoms with Gasteiger partial charge in [0.05, 0.1) is 18.7 Å². The summed E-state index contributed by atoms with van der Waals surface area (Å²) in [4.78, 5) is 11.8. The molecule has 108 valence electrons. The molecule has 20 heavy (non-hydrogen) atoms. The van der Waals surface area contributed by atoms with Crippen LogP contribution in [0.2, 0.25) is 0 Å². The van der Waals surface area contributed by atoms with E-state index in [-0.39, 0.29) is 18.7 Å². The van der Waals surface area contributed by atoms with Crippen LogP contribution in [0.25, 0.3) is 0 Å². The first-order valence-electron chi connectivity index (χ1n) is 5.46. The molecule has 0 amide bonds. The highest BCUT2D eigenvalue weighted by atomic mass is 19.4. The van der Waals surface area contributed by atoms with Crippen molar-refractivity contribution in [2.75, 3.05) is 13.1 Å². The molecule has 0 aliphatic rings. The summed E-state index contributed by atoms with van der Waals surface area (Å²) in [5.41, 5.74) is -1.11. The molecule has 0 bridgehead atoms. The van der Waals surface area contributed by atoms with Gasteiger partial charge in [-0.15, -0.1) is 6.42 Å². The van der Waals surface area contributed by atoms with Crippen molar-refractivity contribution in [2.24, 2.45) is 0 Å². The maximum atomic E-state index is 13.2. The van der Waals surface area contributed by atoms with Crippen molar-refractivity contribution >= 4 is 5.97 Å². The number of nitrogens with zero attached hydrogens (tertiary/aromatic N) is 1. The SMILES string of the molecule is C#CCN(CC(=O)O)Cc1cc(F)cc(C(F)(F)F)c1. The number of carboxylic acid groups (broad SMARTS) is 1. The zero-order valence-corrected chi connectivity index (χ0v) is 10.2. The summed E-state index contributed by atoms with van der Waals surface area (Å²) in [6.07, 6.45) is 0.383. The molecule has 0 unspecified atom stereocenters. The van der Waals surface area contributed by atoms with E-state index in [1.54, 1.807) is 0 Å². The van der Waals surface area contributed by atoms with Crippen molar-refractivity contribution < 1.29 is 27.5 Å². The summed E-state index contributed by atoms with van der Waals surface area (Å²) in [6, 6.07) is 2.07. The Hall–Kier alpha value is -2.07. The van der Waals surface area contributed by atoms with E-state index in [1.165, 1.54) is 4.90 Å². The lowest BCUT2D eigenvalue weighted by Gasteiger charge is -2.18. The second-order valence-corrected chi connectivity index (χ2v) is 4.09. The number of halogens is 4. The zero-order chi connectivity index (χ0) is 15.3. The van der Waals surface area contributed by atoms with E-state index in [4.69, 9.17) is 11.5 Å². The number of carbonyl (C=O) groups is 1. The van der Waals surface area contributed by atoms with Crippen LogP contribution in [-0.2, 0) is 17.5 Å². The molecule has 0 heterocycles. The van der Waals surface area contributed by atoms with Crippen molar-refractivity contribution in [2.45, 2.75) is 12.7 Å². The Morgan fingerprint density at radius 3 is 2.50 bits per heavy atom. The molecular formula is C13H11F4NO2. The number of carboxylic acids is 1. The van der Waals surface area contributed by atoms with Crippen molar-refractivity contribution in [1.29, 1.82) is 0 Å². The molecule has 0 aliphatic heterocycles. The van der Waals surface area contributed by atoms with Gasteiger partial charge in [0, 0.05) is 6.54 Å². The summed E-state index contributed by atoms with van der Waals surface area (Å²) in [6.45, 7) is -0.691. The van der Waals surface area contributed by atoms with Crippen molar-refractivity contribution in [3.63, 3.8) is 0 Å². The van der Waals surface area contributed by atoms with Crippen LogP contribution >= 0.6 is 0 Å². The second-order valence-electron chi connectivity index (χ2n) is 4.09. The fraction of sp³-hybridized carbons (Fsp3) is 0.308. The molecule has 1 N–H and O–H groups in total. The van der Waals surface area contributed by atoms with E-state index in [2.05, 4.69) is 5.92 Å². The largest absolute Gasteiger partial charge is 0.480 e. The molecule has 1 aromatic rings. The fourth-order valence-corrected chi connectivity index (χ4v) is 1.65. The molecular weight excluding hydrogens is 278 g/mol. The average molecular weight is 289 g/mol. The number of rotatable bonds is 5. The molecule has 0 atom stereocenters. The Kier molecular flexibility index (Phi) is 5.11. The predicted octanol–water partition coefficient (Wildman–Crippen LogP) is 2.36. The quantitative estimate of drug-likeness (QED) is 0.668. The molecule has 0 saturated carbocycles. The summed E-state index contributed by atoms with van der Waals surface area (Å²) in [5.74, 6) is -0.0102. The molecule has 0 aromatic heterocycles. The summed E-state index contributed by atoms with van der Waals surface area (Å²) in [7, 11) is 0. The van der Waals surface area contributed by atoms with Crippen LogP contribution in [0.5, 0.6) is 0 Å². The Balaban J connectivity index is 2.98. The molecule has 7 heteroatoms. The Labute approximate surface area is 112 Å². The third-order valence-electron chi connectivity index (χ3n) is 2.36. The summed E-state index contributed by atoms with van der Waals surface area (Å²) >= 11 is 0. The molecule has 0 aliphatic carbocycles. The topological polar surface area (TPSA) is 40.5 Å². The van der Waals surface area contributed by atoms with E-state index < -0.39 is 30.1 Å². The van der Waals surface area contributed by atoms with Crippen LogP contribution in [-0.4, -0.2) is 29.1 Å². The van der Waals surface area contributed by atoms with E-state index in [1.807, 2.05) is 0 Å². The Morgan fingerprint density at radius 2 is 2.00 bits per heavy atom. The van der Waals surface area contributed by atoms with Crippen LogP contribution in [0.1, 0.15) is 11.1 Å². The first kappa shape index (κ1) is 16.0. The van der Waals surface area contributed by atoms with Gasteiger partial charge in [-0.05, 0) is 23.8 Å². The van der Waals surface area contributed by atoms with Gasteiger partial charge in [-0.2, -0.15) is 13.2 Å². The van der Waals surface area contributed by atoms with Crippen LogP contribution in [0.15, 0.2) is 18.2 Å². The Bertz CT molecular complexity index is 534. The number of aliphatic carboxylic acids is 1. The third-order valence-corrected chi connectivity index (χ3v) is 2.36. The van der Waals surface area contributed by atoms with Gasteiger partial charge in [-0.25, -0.2) is 4.39 Å². The predicted molar refractivity (Wildman–Crippen MR) is 63.1 cm³/mol. The molecule has 1 rings (SSSR count). The molecule has 0 spiro atoms. The van der Waals surface area contributed by atoms with Crippen molar-refractivity contribution in [1.82, 2.24) is 4.90 Å². The highest BCUT2D eigenvalue weighted by Gasteiger charge is 2.31. The van der Waals surface area contributed by atoms with E-state index in [0.717, 1.165) is 12.1 Å². The smallest absolute Gasteiger partial charge is 0.416 e. The minimum absolute atomic E-state index is 0.00817. The maximum absolute atomic E-state index is 13.2. The van der Waals surface area contributed by atoms with E-state index >= 15 is 0 Å². The number of terminal acetylenes is 1. The van der Waals surface area contributed by atoms with Gasteiger partial charge >= 0.3 is 12.1 Å². The number of benzene rings is 1. The number of alkyl halides is 3. The highest BCUT2D eigenvalue weighted by Crippen LogP contribution is 2.30. The monoisotopic (exact) mass is 289 g/mol. The molecule has 3 nitrogen and oxygen atoms in total. The molecule has 1 aromatic carbocycles. The van der Waals surface area contributed by atoms with Gasteiger partial charge in [0.25, 0.3) is 0 Å². The van der Waals surface area contributed by atoms with E-state index in [9.17, 15) is 22.4 Å². The molecule has 0 saturated heterocycles. The van der Waals surface area contributed by atoms with Crippen molar-refractivity contribution in [3.8, 4) is 12.3 Å². The lowest BCUT2D eigenvalue weighted by molar-refractivity contribution is -0.139. The number of hydrogen-bond acceptors (Lipinski definition) is 2. The van der Waals surface area contributed by atoms with Gasteiger partial charge in [-0.3, -0.25) is 9.69 Å². The summed E-state index contributed by atoms with van der Waals surface area (Å²) < 4.78 is 50.8. The van der Waals surface area contributed by atoms with Gasteiger partial charge in [0.15, 0.2) is 0 Å². The zero-order valence-electron chi connectivity index (χ0n) is 10.2. The van der Waals surface area contributed by atoms with Crippen LogP contribution in [0, 0.1) is 18.2 Å². The minimum atomic E-state index is -4.67. The normalized spacial score (nSPS) is 11.4. The molecule has 0 radical (unpaired) electrons. The highest BCUT2D eigenvalue weighted by molar-refractivity contribution is 5.69. The fourth-order valence-electron chi connectivity index (χ4n) is 1.65. The third kappa shape index (κ3) is 4.90. The van der Waals surface area contributed by atoms with Crippen LogP contribution < -0.4 is 0 Å². The van der Waals surface area contributed by atoms with Crippen LogP contribution in [0.3, 0.4) is 0 Å². The number of hydrogen-bond donors (Lipinski definition) is 1. The first-order chi connectivity index (χ1) is 9.22. The Morgan fingerprint density at radius 1 is 1.35 bits per heavy atom. The van der Waals surface area contributed by atoms with Gasteiger partial charge < -0.3 is 5.11 Å². The standard InChI is InChI=1S/C13H11F4NO2/c1-2-3-18(8-12(19)20)7-9-4-10(13(15,16)17)6-11(14)5-9/h1,4-6H,3,7-8H2,(H,19,20). The lowest BCUT2D eigenvalue weighted by Crippen LogP contribution is -2.29. The lowest BCUT2D eigenvalue weighted by atomic mass is 10.1. The molecule has 0 fully saturated rings. The van der Waals surface area contributed by atoms with Crippen LogP contribution in [0.4, 0.5) is 17.6 Å². The van der Waals surface area contributed by atoms with Gasteiger partial charge in [0.1, 0.15) is 5.82 Å². The maximum Gasteiger partial charge on any atom is 0.416 e. The minimum Gasteiger partial charge on any atom is -0.480 e. The van der Waals surface area contributed by atoms with E-state index in [0.29, 0.717) is 6.07 Å². The second kappa shape index (κ2) is 6.39. The van der Waals surface area contributed by atoms with Gasteiger partial charge in [0.2, 0.25) is 0 Å². The first-order valence-corrected chi connectivity index (χ1v) is 5.46. The summed E-state index contributed by atoms with van der Waals surface area (Å²) in [5, 5.41) is 8.66. The van der Waals surface area contributed by atoms with Gasteiger partial charge in [-0.1, -0.05) is 5.92 Å². The average Bonchev–Trinajstić information content (AvgIpc) is 2.26. The van der Waals surface area contributed by atoms with Crippen molar-refractivity contribution in [3.05, 3.63) is 35.1 Å².